The van der Waals surface area contributed by atoms with Crippen LogP contribution >= 0.6 is 0 Å². The zero-order valence-corrected chi connectivity index (χ0v) is 13.0. The van der Waals surface area contributed by atoms with Crippen LogP contribution in [0.4, 0.5) is 0 Å². The Bertz CT molecular complexity index is 260. The Kier molecular flexibility index (Phi) is 5.63. The monoisotopic (exact) mass is 269 g/mol. The SMILES string of the molecule is CN(CCNCC1CCOC1)CC1(N(C)C)CCC1. The van der Waals surface area contributed by atoms with Crippen molar-refractivity contribution >= 4 is 0 Å². The third-order valence-electron chi connectivity index (χ3n) is 4.92. The molecule has 0 aromatic rings. The first-order chi connectivity index (χ1) is 9.12. The second-order valence-corrected chi connectivity index (χ2v) is 6.64. The highest BCUT2D eigenvalue weighted by Gasteiger charge is 2.39. The van der Waals surface area contributed by atoms with Crippen molar-refractivity contribution in [3.63, 3.8) is 0 Å². The Balaban J connectivity index is 1.57. The molecule has 0 radical (unpaired) electrons. The van der Waals surface area contributed by atoms with Crippen molar-refractivity contribution in [3.8, 4) is 0 Å². The Hall–Kier alpha value is -0.160. The van der Waals surface area contributed by atoms with Gasteiger partial charge < -0.3 is 19.9 Å². The van der Waals surface area contributed by atoms with Gasteiger partial charge in [0, 0.05) is 38.3 Å². The van der Waals surface area contributed by atoms with Crippen molar-refractivity contribution in [2.45, 2.75) is 31.2 Å². The van der Waals surface area contributed by atoms with E-state index in [2.05, 4.69) is 36.3 Å². The number of hydrogen-bond acceptors (Lipinski definition) is 4. The van der Waals surface area contributed by atoms with Crippen LogP contribution in [0.15, 0.2) is 0 Å². The zero-order valence-electron chi connectivity index (χ0n) is 13.0. The standard InChI is InChI=1S/C15H31N3O/c1-17(2)15(6-4-7-15)13-18(3)9-8-16-11-14-5-10-19-12-14/h14,16H,4-13H2,1-3H3. The van der Waals surface area contributed by atoms with Crippen LogP contribution < -0.4 is 5.32 Å². The minimum Gasteiger partial charge on any atom is -0.381 e. The predicted molar refractivity (Wildman–Crippen MR) is 79.6 cm³/mol. The second kappa shape index (κ2) is 7.02. The normalized spacial score (nSPS) is 26.1. The molecule has 2 rings (SSSR count). The van der Waals surface area contributed by atoms with Crippen molar-refractivity contribution in [1.82, 2.24) is 15.1 Å². The summed E-state index contributed by atoms with van der Waals surface area (Å²) in [6.07, 6.45) is 5.34. The van der Waals surface area contributed by atoms with Gasteiger partial charge in [0.25, 0.3) is 0 Å². The van der Waals surface area contributed by atoms with Gasteiger partial charge in [-0.25, -0.2) is 0 Å². The molecule has 0 spiro atoms. The molecule has 1 aliphatic carbocycles. The van der Waals surface area contributed by atoms with E-state index in [9.17, 15) is 0 Å². The van der Waals surface area contributed by atoms with Gasteiger partial charge in [-0.05, 0) is 52.7 Å². The molecule has 0 bridgehead atoms. The van der Waals surface area contributed by atoms with Gasteiger partial charge in [-0.2, -0.15) is 0 Å². The largest absolute Gasteiger partial charge is 0.381 e. The number of rotatable bonds is 8. The molecule has 1 N–H and O–H groups in total. The molecule has 0 aromatic heterocycles. The van der Waals surface area contributed by atoms with E-state index in [-0.39, 0.29) is 0 Å². The van der Waals surface area contributed by atoms with Gasteiger partial charge in [0.15, 0.2) is 0 Å². The third-order valence-corrected chi connectivity index (χ3v) is 4.92. The fraction of sp³-hybridized carbons (Fsp3) is 1.00. The summed E-state index contributed by atoms with van der Waals surface area (Å²) < 4.78 is 5.39. The number of ether oxygens (including phenoxy) is 1. The molecule has 2 aliphatic rings. The highest BCUT2D eigenvalue weighted by atomic mass is 16.5. The van der Waals surface area contributed by atoms with E-state index in [0.29, 0.717) is 5.54 Å². The molecular formula is C15H31N3O. The molecule has 4 heteroatoms. The molecule has 112 valence electrons. The molecule has 1 saturated heterocycles. The molecule has 1 unspecified atom stereocenters. The number of likely N-dealkylation sites (N-methyl/N-ethyl adjacent to an activating group) is 2. The fourth-order valence-corrected chi connectivity index (χ4v) is 3.23. The van der Waals surface area contributed by atoms with Crippen LogP contribution in [0.5, 0.6) is 0 Å². The zero-order chi connectivity index (χ0) is 13.7. The molecule has 1 saturated carbocycles. The molecular weight excluding hydrogens is 238 g/mol. The Labute approximate surface area is 118 Å². The summed E-state index contributed by atoms with van der Waals surface area (Å²) >= 11 is 0. The fourth-order valence-electron chi connectivity index (χ4n) is 3.23. The molecule has 1 atom stereocenters. The van der Waals surface area contributed by atoms with Gasteiger partial charge in [0.05, 0.1) is 6.61 Å². The lowest BCUT2D eigenvalue weighted by Gasteiger charge is -2.49. The van der Waals surface area contributed by atoms with Crippen LogP contribution in [0, 0.1) is 5.92 Å². The van der Waals surface area contributed by atoms with Gasteiger partial charge in [0.1, 0.15) is 0 Å². The lowest BCUT2D eigenvalue weighted by molar-refractivity contribution is 0.0281. The first kappa shape index (κ1) is 15.2. The van der Waals surface area contributed by atoms with E-state index in [1.807, 2.05) is 0 Å². The van der Waals surface area contributed by atoms with Crippen LogP contribution in [-0.2, 0) is 4.74 Å². The van der Waals surface area contributed by atoms with Crippen molar-refractivity contribution in [2.75, 3.05) is 60.5 Å². The topological polar surface area (TPSA) is 27.7 Å². The van der Waals surface area contributed by atoms with Crippen LogP contribution in [0.1, 0.15) is 25.7 Å². The highest BCUT2D eigenvalue weighted by Crippen LogP contribution is 2.36. The van der Waals surface area contributed by atoms with Crippen molar-refractivity contribution in [2.24, 2.45) is 5.92 Å². The summed E-state index contributed by atoms with van der Waals surface area (Å²) in [7, 11) is 6.71. The first-order valence-electron chi connectivity index (χ1n) is 7.77. The second-order valence-electron chi connectivity index (χ2n) is 6.64. The summed E-state index contributed by atoms with van der Waals surface area (Å²) in [5.41, 5.74) is 0.452. The molecule has 1 heterocycles. The van der Waals surface area contributed by atoms with Crippen LogP contribution in [0.25, 0.3) is 0 Å². The Morgan fingerprint density at radius 2 is 2.05 bits per heavy atom. The van der Waals surface area contributed by atoms with Crippen LogP contribution in [0.2, 0.25) is 0 Å². The van der Waals surface area contributed by atoms with E-state index in [0.717, 1.165) is 38.8 Å². The summed E-state index contributed by atoms with van der Waals surface area (Å²) in [6.45, 7) is 6.46. The molecule has 19 heavy (non-hydrogen) atoms. The summed E-state index contributed by atoms with van der Waals surface area (Å²) in [5, 5.41) is 3.57. The number of hydrogen-bond donors (Lipinski definition) is 1. The van der Waals surface area contributed by atoms with Crippen molar-refractivity contribution < 1.29 is 4.74 Å². The van der Waals surface area contributed by atoms with E-state index in [1.54, 1.807) is 0 Å². The van der Waals surface area contributed by atoms with Gasteiger partial charge in [-0.3, -0.25) is 0 Å². The maximum absolute atomic E-state index is 5.39. The van der Waals surface area contributed by atoms with E-state index >= 15 is 0 Å². The van der Waals surface area contributed by atoms with Gasteiger partial charge in [-0.15, -0.1) is 0 Å². The maximum atomic E-state index is 5.39. The Morgan fingerprint density at radius 1 is 1.26 bits per heavy atom. The van der Waals surface area contributed by atoms with Gasteiger partial charge in [-0.1, -0.05) is 0 Å². The minimum atomic E-state index is 0.452. The van der Waals surface area contributed by atoms with Crippen LogP contribution in [-0.4, -0.2) is 75.9 Å². The summed E-state index contributed by atoms with van der Waals surface area (Å²) in [4.78, 5) is 4.91. The molecule has 1 aliphatic heterocycles. The molecule has 0 amide bonds. The predicted octanol–water partition coefficient (Wildman–Crippen LogP) is 1.03. The molecule has 2 fully saturated rings. The Morgan fingerprint density at radius 3 is 2.58 bits per heavy atom. The average Bonchev–Trinajstić information content (AvgIpc) is 2.82. The summed E-state index contributed by atoms with van der Waals surface area (Å²) in [5.74, 6) is 0.741. The first-order valence-corrected chi connectivity index (χ1v) is 7.77. The molecule has 0 aromatic carbocycles. The summed E-state index contributed by atoms with van der Waals surface area (Å²) in [6, 6.07) is 0. The smallest absolute Gasteiger partial charge is 0.0507 e. The maximum Gasteiger partial charge on any atom is 0.0507 e. The minimum absolute atomic E-state index is 0.452. The van der Waals surface area contributed by atoms with Crippen molar-refractivity contribution in [3.05, 3.63) is 0 Å². The van der Waals surface area contributed by atoms with Gasteiger partial charge in [0.2, 0.25) is 0 Å². The quantitative estimate of drug-likeness (QED) is 0.666. The number of nitrogens with one attached hydrogen (secondary N) is 1. The average molecular weight is 269 g/mol. The lowest BCUT2D eigenvalue weighted by atomic mass is 9.75. The third kappa shape index (κ3) is 4.15. The van der Waals surface area contributed by atoms with Gasteiger partial charge >= 0.3 is 0 Å². The molecule has 4 nitrogen and oxygen atoms in total. The van der Waals surface area contributed by atoms with Crippen molar-refractivity contribution in [1.29, 1.82) is 0 Å². The van der Waals surface area contributed by atoms with E-state index < -0.39 is 0 Å². The highest BCUT2D eigenvalue weighted by molar-refractivity contribution is 4.97. The van der Waals surface area contributed by atoms with E-state index in [4.69, 9.17) is 4.74 Å². The lowest BCUT2D eigenvalue weighted by Crippen LogP contribution is -2.57. The van der Waals surface area contributed by atoms with Crippen LogP contribution in [0.3, 0.4) is 0 Å². The van der Waals surface area contributed by atoms with E-state index in [1.165, 1.54) is 32.2 Å². The number of nitrogens with zero attached hydrogens (tertiary/aromatic N) is 2.